The maximum Gasteiger partial charge on any atom is 0.233 e. The van der Waals surface area contributed by atoms with E-state index >= 15 is 0 Å². The molecule has 10 heterocycles. The standard InChI is InChI=1S/C88H46N8OS/c1-2-20-48(21-3-1)83-89-85(77-59-29-10-16-35-71(59)97-87(77)91-83)95-65-33-14-8-27-57(65)75-69(95)45-61-55-25-7-13-32-64(55)94-68-42-39-51-43-50(37-40-54(51)74(68)80(75)82(61)94)49-22-18-23-52(44-49)84-90-86(78-60-30-11-17-36-72(60)98-88(78)92-84)96-66-34-15-9-28-58(66)76-70(96)46-62-56-26-6-12-31-63(56)93-67-41-38-47-19-4-5-24-53(47)73(67)79(76)81(62)93/h1-46H. The van der Waals surface area contributed by atoms with E-state index in [9.17, 15) is 0 Å². The second-order valence-electron chi connectivity index (χ2n) is 26.3. The number of benzene rings is 14. The maximum atomic E-state index is 6.65. The molecule has 0 bridgehead atoms. The van der Waals surface area contributed by atoms with Crippen molar-refractivity contribution in [3.8, 4) is 45.5 Å². The third-order valence-corrected chi connectivity index (χ3v) is 22.5. The summed E-state index contributed by atoms with van der Waals surface area (Å²) in [7, 11) is 0. The Morgan fingerprint density at radius 3 is 1.45 bits per heavy atom. The first-order chi connectivity index (χ1) is 48.6. The average molecular weight is 1260 g/mol. The van der Waals surface area contributed by atoms with E-state index in [-0.39, 0.29) is 0 Å². The summed E-state index contributed by atoms with van der Waals surface area (Å²) in [5, 5.41) is 23.4. The Hall–Kier alpha value is -13.0. The van der Waals surface area contributed by atoms with Gasteiger partial charge in [-0.2, -0.15) is 4.98 Å². The van der Waals surface area contributed by atoms with Gasteiger partial charge in [-0.3, -0.25) is 9.13 Å². The SMILES string of the molecule is c1ccc(-c2nc(-n3c4ccccc4c4c5c6c7ccc(-c8cccc(-c9nc(-n%10c%11ccccc%11c%11c%12c%13c%14ccccc%14ccc%13n%13c%14ccccc%14c(cc%11%10)c%12%13)c%10c(n9)sc9ccccc9%10)c8)cc7ccc6n6c7ccccc7c(cc43)c56)c3c(n2)oc2ccccc23)cc1. The summed E-state index contributed by atoms with van der Waals surface area (Å²) in [6.45, 7) is 0. The van der Waals surface area contributed by atoms with Crippen LogP contribution in [0.3, 0.4) is 0 Å². The molecular weight excluding hydrogens is 1220 g/mol. The van der Waals surface area contributed by atoms with Crippen molar-refractivity contribution in [1.82, 2.24) is 37.9 Å². The lowest BCUT2D eigenvalue weighted by molar-refractivity contribution is 0.653. The summed E-state index contributed by atoms with van der Waals surface area (Å²) >= 11 is 1.73. The Bertz CT molecular complexity index is 7690. The molecule has 10 aromatic heterocycles. The molecule has 0 saturated carbocycles. The van der Waals surface area contributed by atoms with Crippen LogP contribution < -0.4 is 0 Å². The summed E-state index contributed by atoms with van der Waals surface area (Å²) in [5.74, 6) is 2.93. The van der Waals surface area contributed by atoms with Gasteiger partial charge in [0.2, 0.25) is 5.71 Å². The van der Waals surface area contributed by atoms with E-state index in [0.717, 1.165) is 98.7 Å². The van der Waals surface area contributed by atoms with Crippen molar-refractivity contribution in [2.45, 2.75) is 0 Å². The number of rotatable bonds is 5. The number of hydrogen-bond acceptors (Lipinski definition) is 6. The van der Waals surface area contributed by atoms with E-state index in [0.29, 0.717) is 17.4 Å². The Kier molecular flexibility index (Phi) is 9.68. The Morgan fingerprint density at radius 1 is 0.265 bits per heavy atom. The molecule has 0 saturated heterocycles. The van der Waals surface area contributed by atoms with E-state index in [1.165, 1.54) is 113 Å². The molecule has 0 radical (unpaired) electrons. The van der Waals surface area contributed by atoms with Crippen LogP contribution in [0.15, 0.2) is 283 Å². The smallest absolute Gasteiger partial charge is 0.233 e. The molecular formula is C88H46N8OS. The summed E-state index contributed by atoms with van der Waals surface area (Å²) in [6.07, 6.45) is 0. The van der Waals surface area contributed by atoms with Crippen molar-refractivity contribution in [2.75, 3.05) is 0 Å². The number of nitrogens with zero attached hydrogens (tertiary/aromatic N) is 8. The second-order valence-corrected chi connectivity index (χ2v) is 27.3. The summed E-state index contributed by atoms with van der Waals surface area (Å²) < 4.78 is 17.7. The minimum atomic E-state index is 0.552. The molecule has 0 N–H and O–H groups in total. The third-order valence-electron chi connectivity index (χ3n) is 21.4. The molecule has 0 spiro atoms. The Balaban J connectivity index is 0.728. The third kappa shape index (κ3) is 6.50. The van der Waals surface area contributed by atoms with Crippen molar-refractivity contribution in [2.24, 2.45) is 0 Å². The van der Waals surface area contributed by atoms with E-state index in [1.807, 2.05) is 30.3 Å². The van der Waals surface area contributed by atoms with Gasteiger partial charge in [-0.1, -0.05) is 206 Å². The van der Waals surface area contributed by atoms with Crippen molar-refractivity contribution in [1.29, 1.82) is 0 Å². The molecule has 24 aromatic rings. The molecule has 14 aromatic carbocycles. The van der Waals surface area contributed by atoms with E-state index in [4.69, 9.17) is 24.4 Å². The lowest BCUT2D eigenvalue weighted by atomic mass is 9.95. The van der Waals surface area contributed by atoms with Crippen molar-refractivity contribution in [3.63, 3.8) is 0 Å². The predicted molar refractivity (Wildman–Crippen MR) is 407 cm³/mol. The molecule has 0 aliphatic rings. The molecule has 0 unspecified atom stereocenters. The highest BCUT2D eigenvalue weighted by Crippen LogP contribution is 2.52. The van der Waals surface area contributed by atoms with Gasteiger partial charge in [0.05, 0.1) is 65.9 Å². The van der Waals surface area contributed by atoms with Gasteiger partial charge in [-0.05, 0) is 105 Å². The molecule has 0 amide bonds. The molecule has 0 aliphatic heterocycles. The number of furan rings is 1. The molecule has 24 rings (SSSR count). The highest BCUT2D eigenvalue weighted by Gasteiger charge is 2.31. The Morgan fingerprint density at radius 2 is 0.765 bits per heavy atom. The lowest BCUT2D eigenvalue weighted by Gasteiger charge is -2.12. The topological polar surface area (TPSA) is 83.4 Å². The quantitative estimate of drug-likeness (QED) is 0.171. The number of para-hydroxylation sites is 5. The summed E-state index contributed by atoms with van der Waals surface area (Å²) in [4.78, 5) is 23.1. The maximum absolute atomic E-state index is 6.65. The lowest BCUT2D eigenvalue weighted by Crippen LogP contribution is -2.02. The first-order valence-corrected chi connectivity index (χ1v) is 34.1. The number of aromatic nitrogens is 8. The van der Waals surface area contributed by atoms with Gasteiger partial charge >= 0.3 is 0 Å². The summed E-state index contributed by atoms with van der Waals surface area (Å²) in [6, 6.07) is 102. The van der Waals surface area contributed by atoms with E-state index < -0.39 is 0 Å². The zero-order valence-corrected chi connectivity index (χ0v) is 52.8. The van der Waals surface area contributed by atoms with E-state index in [1.54, 1.807) is 11.3 Å². The zero-order valence-electron chi connectivity index (χ0n) is 52.0. The first kappa shape index (κ1) is 51.4. The fraction of sp³-hybridized carbons (Fsp3) is 0. The molecule has 0 atom stereocenters. The van der Waals surface area contributed by atoms with Crippen LogP contribution in [0.1, 0.15) is 0 Å². The predicted octanol–water partition coefficient (Wildman–Crippen LogP) is 23.3. The first-order valence-electron chi connectivity index (χ1n) is 33.3. The van der Waals surface area contributed by atoms with Crippen LogP contribution in [-0.4, -0.2) is 37.9 Å². The van der Waals surface area contributed by atoms with Gasteiger partial charge in [0, 0.05) is 91.2 Å². The largest absolute Gasteiger partial charge is 0.437 e. The van der Waals surface area contributed by atoms with Crippen LogP contribution in [0, 0.1) is 0 Å². The van der Waals surface area contributed by atoms with Crippen LogP contribution in [0.4, 0.5) is 0 Å². The van der Waals surface area contributed by atoms with Gasteiger partial charge in [0.25, 0.3) is 0 Å². The van der Waals surface area contributed by atoms with E-state index in [2.05, 4.69) is 267 Å². The molecule has 0 aliphatic carbocycles. The normalized spacial score (nSPS) is 12.7. The van der Waals surface area contributed by atoms with Gasteiger partial charge in [-0.25, -0.2) is 15.0 Å². The van der Waals surface area contributed by atoms with Gasteiger partial charge in [-0.15, -0.1) is 11.3 Å². The van der Waals surface area contributed by atoms with Gasteiger partial charge < -0.3 is 13.2 Å². The van der Waals surface area contributed by atoms with Crippen LogP contribution in [0.5, 0.6) is 0 Å². The highest BCUT2D eigenvalue weighted by molar-refractivity contribution is 7.25. The minimum absolute atomic E-state index is 0.552. The van der Waals surface area contributed by atoms with Crippen LogP contribution in [0.2, 0.25) is 0 Å². The fourth-order valence-corrected chi connectivity index (χ4v) is 18.5. The van der Waals surface area contributed by atoms with Crippen LogP contribution in [-0.2, 0) is 0 Å². The van der Waals surface area contributed by atoms with Crippen LogP contribution >= 0.6 is 11.3 Å². The number of hydrogen-bond donors (Lipinski definition) is 0. The molecule has 450 valence electrons. The average Bonchev–Trinajstić information content (AvgIpc) is 1.52. The van der Waals surface area contributed by atoms with Crippen molar-refractivity contribution in [3.05, 3.63) is 279 Å². The van der Waals surface area contributed by atoms with Gasteiger partial charge in [0.1, 0.15) is 10.4 Å². The van der Waals surface area contributed by atoms with Gasteiger partial charge in [0.15, 0.2) is 23.3 Å². The number of fused-ring (bicyclic) bond motifs is 30. The second kappa shape index (κ2) is 18.5. The minimum Gasteiger partial charge on any atom is -0.437 e. The zero-order chi connectivity index (χ0) is 63.3. The molecule has 10 heteroatoms. The van der Waals surface area contributed by atoms with Crippen molar-refractivity contribution >= 4 is 195 Å². The Labute approximate surface area is 558 Å². The molecule has 0 fully saturated rings. The monoisotopic (exact) mass is 1260 g/mol. The number of thiophene rings is 1. The molecule has 9 nitrogen and oxygen atoms in total. The van der Waals surface area contributed by atoms with Crippen LogP contribution in [0.25, 0.3) is 229 Å². The molecule has 98 heavy (non-hydrogen) atoms. The van der Waals surface area contributed by atoms with Crippen molar-refractivity contribution < 1.29 is 4.42 Å². The fourth-order valence-electron chi connectivity index (χ4n) is 17.5. The highest BCUT2D eigenvalue weighted by atomic mass is 32.1. The summed E-state index contributed by atoms with van der Waals surface area (Å²) in [5.41, 5.74) is 16.9.